The molecule has 0 unspecified atom stereocenters. The molecule has 20 heavy (non-hydrogen) atoms. The molecule has 2 aromatic carbocycles. The molecule has 0 aliphatic heterocycles. The van der Waals surface area contributed by atoms with Crippen molar-refractivity contribution in [3.05, 3.63) is 66.4 Å². The van der Waals surface area contributed by atoms with E-state index in [4.69, 9.17) is 5.73 Å². The molecule has 0 aliphatic carbocycles. The Morgan fingerprint density at radius 2 is 1.80 bits per heavy atom. The predicted octanol–water partition coefficient (Wildman–Crippen LogP) is 3.89. The number of aryl methyl sites for hydroxylation is 1. The van der Waals surface area contributed by atoms with E-state index in [1.165, 1.54) is 21.4 Å². The highest BCUT2D eigenvalue weighted by atomic mass is 32.2. The van der Waals surface area contributed by atoms with Crippen LogP contribution in [0.1, 0.15) is 5.56 Å². The van der Waals surface area contributed by atoms with Crippen molar-refractivity contribution in [1.29, 1.82) is 0 Å². The van der Waals surface area contributed by atoms with Gasteiger partial charge in [-0.25, -0.2) is 0 Å². The maximum absolute atomic E-state index is 5.79. The van der Waals surface area contributed by atoms with E-state index in [0.29, 0.717) is 6.54 Å². The Kier molecular flexibility index (Phi) is 4.09. The second-order valence-corrected chi connectivity index (χ2v) is 5.89. The largest absolute Gasteiger partial charge is 0.347 e. The van der Waals surface area contributed by atoms with Gasteiger partial charge in [0.05, 0.1) is 0 Å². The van der Waals surface area contributed by atoms with Crippen LogP contribution in [-0.2, 0) is 13.1 Å². The Hall–Kier alpha value is -1.71. The lowest BCUT2D eigenvalue weighted by Crippen LogP contribution is -2.00. The van der Waals surface area contributed by atoms with E-state index >= 15 is 0 Å². The van der Waals surface area contributed by atoms with Crippen LogP contribution >= 0.6 is 11.8 Å². The first-order chi connectivity index (χ1) is 9.88. The number of benzene rings is 2. The Morgan fingerprint density at radius 3 is 2.60 bits per heavy atom. The van der Waals surface area contributed by atoms with Crippen molar-refractivity contribution >= 4 is 22.7 Å². The first-order valence-corrected chi connectivity index (χ1v) is 7.81. The van der Waals surface area contributed by atoms with Gasteiger partial charge in [0.2, 0.25) is 0 Å². The summed E-state index contributed by atoms with van der Waals surface area (Å²) in [7, 11) is 0. The molecule has 0 saturated heterocycles. The molecule has 2 N–H and O–H groups in total. The van der Waals surface area contributed by atoms with Crippen LogP contribution in [-0.4, -0.2) is 10.3 Å². The van der Waals surface area contributed by atoms with Gasteiger partial charge in [0.1, 0.15) is 0 Å². The fourth-order valence-corrected chi connectivity index (χ4v) is 3.31. The number of nitrogens with zero attached hydrogens (tertiary/aromatic N) is 1. The third-order valence-electron chi connectivity index (χ3n) is 3.47. The summed E-state index contributed by atoms with van der Waals surface area (Å²) >= 11 is 1.89. The van der Waals surface area contributed by atoms with Crippen molar-refractivity contribution in [3.63, 3.8) is 0 Å². The Bertz CT molecular complexity index is 689. The average Bonchev–Trinajstić information content (AvgIpc) is 2.92. The summed E-state index contributed by atoms with van der Waals surface area (Å²) in [6.45, 7) is 1.61. The van der Waals surface area contributed by atoms with E-state index in [2.05, 4.69) is 65.4 Å². The lowest BCUT2D eigenvalue weighted by Gasteiger charge is -2.06. The quantitative estimate of drug-likeness (QED) is 0.720. The van der Waals surface area contributed by atoms with Gasteiger partial charge >= 0.3 is 0 Å². The summed E-state index contributed by atoms with van der Waals surface area (Å²) < 4.78 is 2.31. The second-order valence-electron chi connectivity index (χ2n) is 4.72. The minimum absolute atomic E-state index is 0.597. The average molecular weight is 282 g/mol. The SMILES string of the molecule is NCc1cccc2c1ccn2CCSc1ccccc1. The molecule has 0 radical (unpaired) electrons. The van der Waals surface area contributed by atoms with Crippen molar-refractivity contribution in [2.45, 2.75) is 18.0 Å². The molecule has 102 valence electrons. The number of hydrogen-bond donors (Lipinski definition) is 1. The maximum atomic E-state index is 5.79. The van der Waals surface area contributed by atoms with Gasteiger partial charge in [0.25, 0.3) is 0 Å². The van der Waals surface area contributed by atoms with Crippen LogP contribution in [0.3, 0.4) is 0 Å². The van der Waals surface area contributed by atoms with Crippen LogP contribution in [0.15, 0.2) is 65.7 Å². The van der Waals surface area contributed by atoms with E-state index < -0.39 is 0 Å². The van der Waals surface area contributed by atoms with Crippen LogP contribution in [0.4, 0.5) is 0 Å². The van der Waals surface area contributed by atoms with Gasteiger partial charge in [-0.1, -0.05) is 30.3 Å². The Balaban J connectivity index is 1.72. The fraction of sp³-hybridized carbons (Fsp3) is 0.176. The lowest BCUT2D eigenvalue weighted by molar-refractivity contribution is 0.807. The molecule has 3 heteroatoms. The minimum Gasteiger partial charge on any atom is -0.347 e. The van der Waals surface area contributed by atoms with Gasteiger partial charge in [-0.2, -0.15) is 0 Å². The minimum atomic E-state index is 0.597. The monoisotopic (exact) mass is 282 g/mol. The first kappa shape index (κ1) is 13.3. The van der Waals surface area contributed by atoms with Gasteiger partial charge in [0, 0.05) is 40.8 Å². The lowest BCUT2D eigenvalue weighted by atomic mass is 10.1. The molecule has 0 amide bonds. The van der Waals surface area contributed by atoms with Gasteiger partial charge in [-0.05, 0) is 29.8 Å². The molecule has 3 rings (SSSR count). The number of aromatic nitrogens is 1. The molecule has 0 atom stereocenters. The van der Waals surface area contributed by atoms with Crippen LogP contribution in [0.2, 0.25) is 0 Å². The molecule has 0 saturated carbocycles. The summed E-state index contributed by atoms with van der Waals surface area (Å²) in [5, 5.41) is 1.28. The third kappa shape index (κ3) is 2.74. The van der Waals surface area contributed by atoms with Crippen LogP contribution in [0.5, 0.6) is 0 Å². The second kappa shape index (κ2) is 6.16. The highest BCUT2D eigenvalue weighted by molar-refractivity contribution is 7.99. The number of nitrogens with two attached hydrogens (primary N) is 1. The third-order valence-corrected chi connectivity index (χ3v) is 4.46. The fourth-order valence-electron chi connectivity index (χ4n) is 2.44. The summed E-state index contributed by atoms with van der Waals surface area (Å²) in [4.78, 5) is 1.33. The highest BCUT2D eigenvalue weighted by Gasteiger charge is 2.04. The Morgan fingerprint density at radius 1 is 0.950 bits per heavy atom. The molecule has 1 heterocycles. The standard InChI is InChI=1S/C17H18N2S/c18-13-14-5-4-8-17-16(14)9-10-19(17)11-12-20-15-6-2-1-3-7-15/h1-10H,11-13,18H2. The predicted molar refractivity (Wildman–Crippen MR) is 87.0 cm³/mol. The molecule has 0 fully saturated rings. The summed E-state index contributed by atoms with van der Waals surface area (Å²) in [6.07, 6.45) is 2.16. The van der Waals surface area contributed by atoms with Gasteiger partial charge in [-0.15, -0.1) is 11.8 Å². The summed E-state index contributed by atoms with van der Waals surface area (Å²) in [6, 6.07) is 19.1. The van der Waals surface area contributed by atoms with E-state index in [1.807, 2.05) is 11.8 Å². The Labute approximate surface area is 123 Å². The van der Waals surface area contributed by atoms with Crippen molar-refractivity contribution < 1.29 is 0 Å². The molecular formula is C17H18N2S. The smallest absolute Gasteiger partial charge is 0.0483 e. The topological polar surface area (TPSA) is 30.9 Å². The van der Waals surface area contributed by atoms with E-state index in [1.54, 1.807) is 0 Å². The molecule has 0 bridgehead atoms. The van der Waals surface area contributed by atoms with Crippen LogP contribution in [0.25, 0.3) is 10.9 Å². The first-order valence-electron chi connectivity index (χ1n) is 6.83. The number of fused-ring (bicyclic) bond motifs is 1. The van der Waals surface area contributed by atoms with Crippen molar-refractivity contribution in [3.8, 4) is 0 Å². The van der Waals surface area contributed by atoms with E-state index in [0.717, 1.165) is 12.3 Å². The van der Waals surface area contributed by atoms with E-state index in [-0.39, 0.29) is 0 Å². The normalized spacial score (nSPS) is 11.1. The van der Waals surface area contributed by atoms with E-state index in [9.17, 15) is 0 Å². The molecule has 1 aromatic heterocycles. The zero-order chi connectivity index (χ0) is 13.8. The zero-order valence-corrected chi connectivity index (χ0v) is 12.1. The zero-order valence-electron chi connectivity index (χ0n) is 11.3. The van der Waals surface area contributed by atoms with Crippen LogP contribution in [0, 0.1) is 0 Å². The maximum Gasteiger partial charge on any atom is 0.0483 e. The van der Waals surface area contributed by atoms with Crippen molar-refractivity contribution in [2.75, 3.05) is 5.75 Å². The van der Waals surface area contributed by atoms with Crippen LogP contribution < -0.4 is 5.73 Å². The van der Waals surface area contributed by atoms with Crippen molar-refractivity contribution in [1.82, 2.24) is 4.57 Å². The van der Waals surface area contributed by atoms with Gasteiger partial charge in [-0.3, -0.25) is 0 Å². The summed E-state index contributed by atoms with van der Waals surface area (Å²) in [5.74, 6) is 1.07. The van der Waals surface area contributed by atoms with Crippen molar-refractivity contribution in [2.24, 2.45) is 5.73 Å². The summed E-state index contributed by atoms with van der Waals surface area (Å²) in [5.41, 5.74) is 8.29. The van der Waals surface area contributed by atoms with Gasteiger partial charge < -0.3 is 10.3 Å². The molecule has 0 aliphatic rings. The molecule has 2 nitrogen and oxygen atoms in total. The highest BCUT2D eigenvalue weighted by Crippen LogP contribution is 2.22. The molecular weight excluding hydrogens is 264 g/mol. The number of thioether (sulfide) groups is 1. The number of hydrogen-bond acceptors (Lipinski definition) is 2. The van der Waals surface area contributed by atoms with Gasteiger partial charge in [0.15, 0.2) is 0 Å². The molecule has 3 aromatic rings. The number of rotatable bonds is 5. The molecule has 0 spiro atoms.